The van der Waals surface area contributed by atoms with Crippen LogP contribution in [0.1, 0.15) is 35.7 Å². The molecule has 2 heteroatoms. The van der Waals surface area contributed by atoms with Gasteiger partial charge in [0.25, 0.3) is 0 Å². The second-order valence-corrected chi connectivity index (χ2v) is 4.05. The van der Waals surface area contributed by atoms with Gasteiger partial charge < -0.3 is 4.74 Å². The Morgan fingerprint density at radius 1 is 1.47 bits per heavy atom. The Morgan fingerprint density at radius 3 is 2.80 bits per heavy atom. The lowest BCUT2D eigenvalue weighted by molar-refractivity contribution is 0.0967. The van der Waals surface area contributed by atoms with E-state index in [2.05, 4.69) is 0 Å². The number of aryl methyl sites for hydroxylation is 1. The minimum Gasteiger partial charge on any atom is -0.494 e. The van der Waals surface area contributed by atoms with Crippen LogP contribution in [0.5, 0.6) is 5.75 Å². The lowest BCUT2D eigenvalue weighted by Crippen LogP contribution is -2.03. The number of benzene rings is 1. The molecule has 0 radical (unpaired) electrons. The van der Waals surface area contributed by atoms with Crippen LogP contribution in [-0.4, -0.2) is 12.4 Å². The topological polar surface area (TPSA) is 26.3 Å². The van der Waals surface area contributed by atoms with Crippen molar-refractivity contribution in [1.82, 2.24) is 0 Å². The summed E-state index contributed by atoms with van der Waals surface area (Å²) < 4.78 is 5.48. The second kappa shape index (κ2) is 4.05. The van der Waals surface area contributed by atoms with Gasteiger partial charge in [-0.1, -0.05) is 12.1 Å². The molecular formula is C13H16O2. The third kappa shape index (κ3) is 2.20. The number of hydrogen-bond acceptors (Lipinski definition) is 2. The molecule has 0 N–H and O–H groups in total. The summed E-state index contributed by atoms with van der Waals surface area (Å²) in [6.45, 7) is 4.59. The van der Waals surface area contributed by atoms with Gasteiger partial charge in [0.15, 0.2) is 5.78 Å². The first-order valence-corrected chi connectivity index (χ1v) is 5.50. The Kier molecular flexibility index (Phi) is 2.76. The number of ether oxygens (including phenoxy) is 1. The van der Waals surface area contributed by atoms with E-state index in [4.69, 9.17) is 4.74 Å². The van der Waals surface area contributed by atoms with E-state index < -0.39 is 0 Å². The first-order valence-electron chi connectivity index (χ1n) is 5.50. The fourth-order valence-corrected chi connectivity index (χ4v) is 1.65. The van der Waals surface area contributed by atoms with Gasteiger partial charge >= 0.3 is 0 Å². The average molecular weight is 204 g/mol. The molecule has 2 nitrogen and oxygen atoms in total. The van der Waals surface area contributed by atoms with Crippen molar-refractivity contribution in [3.8, 4) is 5.75 Å². The Hall–Kier alpha value is -1.31. The predicted octanol–water partition coefficient (Wildman–Crippen LogP) is 2.99. The van der Waals surface area contributed by atoms with Crippen LogP contribution in [0.3, 0.4) is 0 Å². The highest BCUT2D eigenvalue weighted by molar-refractivity contribution is 5.99. The zero-order valence-electron chi connectivity index (χ0n) is 9.25. The maximum atomic E-state index is 11.8. The van der Waals surface area contributed by atoms with Crippen molar-refractivity contribution in [2.45, 2.75) is 26.7 Å². The molecule has 1 aliphatic carbocycles. The third-order valence-electron chi connectivity index (χ3n) is 2.72. The highest BCUT2D eigenvalue weighted by atomic mass is 16.5. The fraction of sp³-hybridized carbons (Fsp3) is 0.462. The normalized spacial score (nSPS) is 15.1. The summed E-state index contributed by atoms with van der Waals surface area (Å²) in [6.07, 6.45) is 2.10. The molecule has 0 heterocycles. The monoisotopic (exact) mass is 204 g/mol. The molecular weight excluding hydrogens is 188 g/mol. The van der Waals surface area contributed by atoms with Gasteiger partial charge in [0.2, 0.25) is 0 Å². The minimum absolute atomic E-state index is 0.274. The van der Waals surface area contributed by atoms with Crippen LogP contribution in [-0.2, 0) is 0 Å². The van der Waals surface area contributed by atoms with Crippen molar-refractivity contribution in [3.05, 3.63) is 29.3 Å². The van der Waals surface area contributed by atoms with E-state index >= 15 is 0 Å². The molecule has 1 aromatic rings. The van der Waals surface area contributed by atoms with Crippen LogP contribution in [0, 0.1) is 12.8 Å². The van der Waals surface area contributed by atoms with Crippen molar-refractivity contribution in [1.29, 1.82) is 0 Å². The van der Waals surface area contributed by atoms with Crippen LogP contribution >= 0.6 is 0 Å². The molecule has 0 saturated heterocycles. The Labute approximate surface area is 90.3 Å². The molecule has 0 aliphatic heterocycles. The molecule has 0 bridgehead atoms. The van der Waals surface area contributed by atoms with Crippen LogP contribution in [0.2, 0.25) is 0 Å². The highest BCUT2D eigenvalue weighted by Gasteiger charge is 2.30. The lowest BCUT2D eigenvalue weighted by atomic mass is 10.0. The van der Waals surface area contributed by atoms with Crippen LogP contribution in [0.25, 0.3) is 0 Å². The summed E-state index contributed by atoms with van der Waals surface area (Å²) in [5.74, 6) is 1.39. The van der Waals surface area contributed by atoms with Crippen LogP contribution in [0.4, 0.5) is 0 Å². The Balaban J connectivity index is 2.24. The van der Waals surface area contributed by atoms with Crippen molar-refractivity contribution in [2.24, 2.45) is 5.92 Å². The molecule has 1 aliphatic rings. The standard InChI is InChI=1S/C13H16O2/c1-3-15-12-8-11(5-4-9(12)2)13(14)10-6-7-10/h4-5,8,10H,3,6-7H2,1-2H3. The van der Waals surface area contributed by atoms with Crippen molar-refractivity contribution in [2.75, 3.05) is 6.61 Å². The summed E-state index contributed by atoms with van der Waals surface area (Å²) in [5.41, 5.74) is 1.88. The Morgan fingerprint density at radius 2 is 2.20 bits per heavy atom. The van der Waals surface area contributed by atoms with E-state index in [1.54, 1.807) is 0 Å². The van der Waals surface area contributed by atoms with Crippen molar-refractivity contribution in [3.63, 3.8) is 0 Å². The first kappa shape index (κ1) is 10.2. The van der Waals surface area contributed by atoms with Gasteiger partial charge in [-0.2, -0.15) is 0 Å². The summed E-state index contributed by atoms with van der Waals surface area (Å²) in [5, 5.41) is 0. The number of Topliss-reactive ketones (excluding diaryl/α,β-unsaturated/α-hetero) is 1. The zero-order valence-corrected chi connectivity index (χ0v) is 9.25. The number of hydrogen-bond donors (Lipinski definition) is 0. The third-order valence-corrected chi connectivity index (χ3v) is 2.72. The molecule has 1 saturated carbocycles. The van der Waals surface area contributed by atoms with E-state index in [0.29, 0.717) is 6.61 Å². The van der Waals surface area contributed by atoms with E-state index in [1.165, 1.54) is 0 Å². The predicted molar refractivity (Wildman–Crippen MR) is 59.4 cm³/mol. The molecule has 0 unspecified atom stereocenters. The van der Waals surface area contributed by atoms with Crippen LogP contribution in [0.15, 0.2) is 18.2 Å². The van der Waals surface area contributed by atoms with Gasteiger partial charge in [-0.3, -0.25) is 4.79 Å². The van der Waals surface area contributed by atoms with Crippen LogP contribution < -0.4 is 4.74 Å². The zero-order chi connectivity index (χ0) is 10.8. The summed E-state index contributed by atoms with van der Waals surface area (Å²) in [4.78, 5) is 11.8. The van der Waals surface area contributed by atoms with E-state index in [-0.39, 0.29) is 11.7 Å². The van der Waals surface area contributed by atoms with Gasteiger partial charge in [0, 0.05) is 11.5 Å². The molecule has 2 rings (SSSR count). The maximum absolute atomic E-state index is 11.8. The molecule has 0 aromatic heterocycles. The van der Waals surface area contributed by atoms with Gasteiger partial charge in [0.1, 0.15) is 5.75 Å². The Bertz CT molecular complexity index is 378. The minimum atomic E-state index is 0.274. The molecule has 0 amide bonds. The molecule has 1 aromatic carbocycles. The quantitative estimate of drug-likeness (QED) is 0.705. The number of rotatable bonds is 4. The molecule has 0 spiro atoms. The lowest BCUT2D eigenvalue weighted by Gasteiger charge is -2.08. The summed E-state index contributed by atoms with van der Waals surface area (Å²) in [6, 6.07) is 5.73. The number of carbonyl (C=O) groups excluding carboxylic acids is 1. The SMILES string of the molecule is CCOc1cc(C(=O)C2CC2)ccc1C. The fourth-order valence-electron chi connectivity index (χ4n) is 1.65. The van der Waals surface area contributed by atoms with E-state index in [0.717, 1.165) is 29.7 Å². The molecule has 80 valence electrons. The van der Waals surface area contributed by atoms with Gasteiger partial charge in [-0.05, 0) is 38.3 Å². The van der Waals surface area contributed by atoms with Gasteiger partial charge in [0.05, 0.1) is 6.61 Å². The number of ketones is 1. The molecule has 1 fully saturated rings. The average Bonchev–Trinajstić information content (AvgIpc) is 3.04. The largest absolute Gasteiger partial charge is 0.494 e. The molecule has 15 heavy (non-hydrogen) atoms. The van der Waals surface area contributed by atoms with Crippen molar-refractivity contribution >= 4 is 5.78 Å². The summed E-state index contributed by atoms with van der Waals surface area (Å²) >= 11 is 0. The molecule has 0 atom stereocenters. The first-order chi connectivity index (χ1) is 7.22. The van der Waals surface area contributed by atoms with Gasteiger partial charge in [-0.25, -0.2) is 0 Å². The summed E-state index contributed by atoms with van der Waals surface area (Å²) in [7, 11) is 0. The second-order valence-electron chi connectivity index (χ2n) is 4.05. The van der Waals surface area contributed by atoms with Gasteiger partial charge in [-0.15, -0.1) is 0 Å². The highest BCUT2D eigenvalue weighted by Crippen LogP contribution is 2.33. The maximum Gasteiger partial charge on any atom is 0.166 e. The number of carbonyl (C=O) groups is 1. The van der Waals surface area contributed by atoms with E-state index in [9.17, 15) is 4.79 Å². The van der Waals surface area contributed by atoms with E-state index in [1.807, 2.05) is 32.0 Å². The smallest absolute Gasteiger partial charge is 0.166 e. The van der Waals surface area contributed by atoms with Crippen molar-refractivity contribution < 1.29 is 9.53 Å².